The van der Waals surface area contributed by atoms with E-state index in [-0.39, 0.29) is 12.6 Å². The zero-order valence-corrected chi connectivity index (χ0v) is 12.6. The van der Waals surface area contributed by atoms with Crippen molar-refractivity contribution in [1.82, 2.24) is 5.32 Å². The molecule has 3 rings (SSSR count). The van der Waals surface area contributed by atoms with Gasteiger partial charge in [0.2, 0.25) is 0 Å². The molecule has 0 spiro atoms. The van der Waals surface area contributed by atoms with Crippen LogP contribution in [0.5, 0.6) is 5.75 Å². The maximum Gasteiger partial charge on any atom is 0.122 e. The molecule has 4 N–H and O–H groups in total. The van der Waals surface area contributed by atoms with Crippen LogP contribution in [0, 0.1) is 5.92 Å². The van der Waals surface area contributed by atoms with Gasteiger partial charge in [-0.2, -0.15) is 0 Å². The summed E-state index contributed by atoms with van der Waals surface area (Å²) >= 11 is 0. The van der Waals surface area contributed by atoms with E-state index < -0.39 is 0 Å². The normalized spacial score (nSPS) is 26.2. The third kappa shape index (κ3) is 3.23. The summed E-state index contributed by atoms with van der Waals surface area (Å²) in [5.74, 6) is 1.38. The Labute approximate surface area is 126 Å². The molecule has 116 valence electrons. The molecule has 4 heteroatoms. The lowest BCUT2D eigenvalue weighted by Gasteiger charge is -2.34. The van der Waals surface area contributed by atoms with Crippen molar-refractivity contribution in [2.24, 2.45) is 11.7 Å². The number of aliphatic hydroxyl groups is 1. The van der Waals surface area contributed by atoms with Crippen LogP contribution in [0.15, 0.2) is 18.2 Å². The van der Waals surface area contributed by atoms with Crippen LogP contribution in [0.1, 0.15) is 42.9 Å². The van der Waals surface area contributed by atoms with Crippen molar-refractivity contribution in [3.8, 4) is 5.75 Å². The zero-order valence-electron chi connectivity index (χ0n) is 12.6. The monoisotopic (exact) mass is 290 g/mol. The number of hydrogen-bond acceptors (Lipinski definition) is 4. The fraction of sp³-hybridized carbons (Fsp3) is 0.647. The Morgan fingerprint density at radius 3 is 3.00 bits per heavy atom. The van der Waals surface area contributed by atoms with Crippen LogP contribution in [0.25, 0.3) is 0 Å². The van der Waals surface area contributed by atoms with Crippen LogP contribution in [-0.4, -0.2) is 30.9 Å². The third-order valence-corrected chi connectivity index (χ3v) is 4.91. The summed E-state index contributed by atoms with van der Waals surface area (Å²) in [5, 5.41) is 13.2. The largest absolute Gasteiger partial charge is 0.493 e. The van der Waals surface area contributed by atoms with E-state index >= 15 is 0 Å². The second kappa shape index (κ2) is 6.77. The molecule has 3 atom stereocenters. The predicted molar refractivity (Wildman–Crippen MR) is 83.4 cm³/mol. The topological polar surface area (TPSA) is 67.5 Å². The number of nitrogens with two attached hydrogens (primary N) is 1. The molecule has 0 amide bonds. The van der Waals surface area contributed by atoms with Gasteiger partial charge in [0.15, 0.2) is 0 Å². The second-order valence-corrected chi connectivity index (χ2v) is 6.25. The third-order valence-electron chi connectivity index (χ3n) is 4.91. The Morgan fingerprint density at radius 1 is 1.33 bits per heavy atom. The minimum Gasteiger partial charge on any atom is -0.493 e. The Hall–Kier alpha value is -1.10. The molecular formula is C17H26N2O2. The molecule has 1 aliphatic heterocycles. The van der Waals surface area contributed by atoms with Gasteiger partial charge in [-0.15, -0.1) is 0 Å². The smallest absolute Gasteiger partial charge is 0.122 e. The maximum atomic E-state index is 9.56. The standard InChI is InChI=1S/C17H26N2O2/c18-10-16(19-15-4-2-1-3-14(15)11-20)12-5-6-17-13(9-12)7-8-21-17/h5-6,9,14-16,19-20H,1-4,7-8,10-11,18H2. The molecule has 1 aliphatic carbocycles. The maximum absolute atomic E-state index is 9.56. The summed E-state index contributed by atoms with van der Waals surface area (Å²) in [7, 11) is 0. The van der Waals surface area contributed by atoms with Crippen LogP contribution < -0.4 is 15.8 Å². The van der Waals surface area contributed by atoms with Gasteiger partial charge in [-0.25, -0.2) is 0 Å². The van der Waals surface area contributed by atoms with Crippen molar-refractivity contribution in [1.29, 1.82) is 0 Å². The first kappa shape index (κ1) is 14.8. The first-order chi connectivity index (χ1) is 10.3. The molecule has 3 unspecified atom stereocenters. The Kier molecular flexibility index (Phi) is 4.78. The Bertz CT molecular complexity index is 478. The fourth-order valence-corrected chi connectivity index (χ4v) is 3.63. The van der Waals surface area contributed by atoms with Crippen molar-refractivity contribution in [2.75, 3.05) is 19.8 Å². The number of hydrogen-bond donors (Lipinski definition) is 3. The number of fused-ring (bicyclic) bond motifs is 1. The van der Waals surface area contributed by atoms with Crippen molar-refractivity contribution in [3.63, 3.8) is 0 Å². The lowest BCUT2D eigenvalue weighted by atomic mass is 9.84. The molecule has 1 heterocycles. The molecule has 1 fully saturated rings. The zero-order chi connectivity index (χ0) is 14.7. The lowest BCUT2D eigenvalue weighted by molar-refractivity contribution is 0.146. The highest BCUT2D eigenvalue weighted by atomic mass is 16.5. The fourth-order valence-electron chi connectivity index (χ4n) is 3.63. The van der Waals surface area contributed by atoms with E-state index in [4.69, 9.17) is 10.5 Å². The molecule has 1 aromatic carbocycles. The van der Waals surface area contributed by atoms with E-state index in [9.17, 15) is 5.11 Å². The molecule has 1 aromatic rings. The van der Waals surface area contributed by atoms with E-state index in [1.54, 1.807) is 0 Å². The van der Waals surface area contributed by atoms with Gasteiger partial charge in [-0.1, -0.05) is 25.0 Å². The predicted octanol–water partition coefficient (Wildman–Crippen LogP) is 1.76. The molecule has 0 bridgehead atoms. The Balaban J connectivity index is 1.72. The van der Waals surface area contributed by atoms with Crippen LogP contribution in [-0.2, 0) is 6.42 Å². The van der Waals surface area contributed by atoms with Gasteiger partial charge in [-0.05, 0) is 36.0 Å². The van der Waals surface area contributed by atoms with E-state index in [2.05, 4.69) is 23.5 Å². The summed E-state index contributed by atoms with van der Waals surface area (Å²) < 4.78 is 5.57. The second-order valence-electron chi connectivity index (χ2n) is 6.25. The quantitative estimate of drug-likeness (QED) is 0.773. The highest BCUT2D eigenvalue weighted by molar-refractivity contribution is 5.40. The van der Waals surface area contributed by atoms with Gasteiger partial charge in [-0.3, -0.25) is 0 Å². The van der Waals surface area contributed by atoms with Crippen LogP contribution in [0.3, 0.4) is 0 Å². The van der Waals surface area contributed by atoms with Crippen molar-refractivity contribution in [3.05, 3.63) is 29.3 Å². The molecular weight excluding hydrogens is 264 g/mol. The van der Waals surface area contributed by atoms with Gasteiger partial charge in [0.25, 0.3) is 0 Å². The molecule has 0 aromatic heterocycles. The van der Waals surface area contributed by atoms with Crippen molar-refractivity contribution >= 4 is 0 Å². The highest BCUT2D eigenvalue weighted by Crippen LogP contribution is 2.30. The summed E-state index contributed by atoms with van der Waals surface area (Å²) in [6.07, 6.45) is 5.71. The number of ether oxygens (including phenoxy) is 1. The molecule has 0 radical (unpaired) electrons. The summed E-state index contributed by atoms with van der Waals surface area (Å²) in [4.78, 5) is 0. The minimum absolute atomic E-state index is 0.160. The Morgan fingerprint density at radius 2 is 2.19 bits per heavy atom. The number of rotatable bonds is 5. The van der Waals surface area contributed by atoms with Crippen LogP contribution in [0.4, 0.5) is 0 Å². The number of aliphatic hydroxyl groups excluding tert-OH is 1. The molecule has 0 saturated heterocycles. The summed E-state index contributed by atoms with van der Waals surface area (Å²) in [6.45, 7) is 1.63. The van der Waals surface area contributed by atoms with E-state index in [1.165, 1.54) is 24.0 Å². The SMILES string of the molecule is NCC(NC1CCCCC1CO)c1ccc2c(c1)CCO2. The summed E-state index contributed by atoms with van der Waals surface area (Å²) in [5.41, 5.74) is 8.52. The molecule has 1 saturated carbocycles. The van der Waals surface area contributed by atoms with Crippen LogP contribution in [0.2, 0.25) is 0 Å². The van der Waals surface area contributed by atoms with E-state index in [1.807, 2.05) is 0 Å². The lowest BCUT2D eigenvalue weighted by Crippen LogP contribution is -2.44. The summed E-state index contributed by atoms with van der Waals surface area (Å²) in [6, 6.07) is 6.94. The van der Waals surface area contributed by atoms with E-state index in [0.717, 1.165) is 31.6 Å². The van der Waals surface area contributed by atoms with Crippen LogP contribution >= 0.6 is 0 Å². The van der Waals surface area contributed by atoms with Gasteiger partial charge in [0.05, 0.1) is 6.61 Å². The molecule has 4 nitrogen and oxygen atoms in total. The number of benzene rings is 1. The highest BCUT2D eigenvalue weighted by Gasteiger charge is 2.27. The number of nitrogens with one attached hydrogen (secondary N) is 1. The van der Waals surface area contributed by atoms with Gasteiger partial charge in [0, 0.05) is 31.7 Å². The molecule has 2 aliphatic rings. The average molecular weight is 290 g/mol. The van der Waals surface area contributed by atoms with Crippen molar-refractivity contribution in [2.45, 2.75) is 44.2 Å². The molecule has 21 heavy (non-hydrogen) atoms. The van der Waals surface area contributed by atoms with Gasteiger partial charge in [0.1, 0.15) is 5.75 Å². The van der Waals surface area contributed by atoms with Gasteiger partial charge < -0.3 is 20.9 Å². The minimum atomic E-state index is 0.160. The van der Waals surface area contributed by atoms with Gasteiger partial charge >= 0.3 is 0 Å². The average Bonchev–Trinajstić information content (AvgIpc) is 3.00. The van der Waals surface area contributed by atoms with E-state index in [0.29, 0.717) is 18.5 Å². The first-order valence-electron chi connectivity index (χ1n) is 8.14. The van der Waals surface area contributed by atoms with Crippen molar-refractivity contribution < 1.29 is 9.84 Å². The first-order valence-corrected chi connectivity index (χ1v) is 8.14.